The second kappa shape index (κ2) is 34.2. The van der Waals surface area contributed by atoms with Crippen LogP contribution >= 0.6 is 0 Å². The second-order valence-electron chi connectivity index (χ2n) is 18.5. The summed E-state index contributed by atoms with van der Waals surface area (Å²) in [6.07, 6.45) is 36.7. The van der Waals surface area contributed by atoms with E-state index in [2.05, 4.69) is 39.8 Å². The van der Waals surface area contributed by atoms with Crippen LogP contribution < -0.4 is 0 Å². The van der Waals surface area contributed by atoms with Crippen molar-refractivity contribution in [3.05, 3.63) is 82.9 Å². The number of benzene rings is 4. The first-order valence-corrected chi connectivity index (χ1v) is 28.8. The quantitative estimate of drug-likeness (QED) is 0.0262. The molecule has 0 fully saturated rings. The van der Waals surface area contributed by atoms with Crippen LogP contribution in [0.3, 0.4) is 0 Å². The van der Waals surface area contributed by atoms with Crippen molar-refractivity contribution in [2.75, 3.05) is 0 Å². The van der Waals surface area contributed by atoms with Gasteiger partial charge in [0.15, 0.2) is 0 Å². The minimum Gasteiger partial charge on any atom is -0.744 e. The molecule has 4 aromatic rings. The SMILES string of the molecule is CCCCCCCCCc1cc2ccccc2c(S(=O)(=O)[O-])c1CCCCCCCCC.CCCCCCCCCc1cc2ccccc2c(S(=O)(=O)[O-])c1CCCCCCCCC.[Zn+2]. The zero-order valence-electron chi connectivity index (χ0n) is 41.4. The van der Waals surface area contributed by atoms with E-state index in [1.807, 2.05) is 36.4 Å². The summed E-state index contributed by atoms with van der Waals surface area (Å²) < 4.78 is 74.1. The molecule has 0 aliphatic rings. The first kappa shape index (κ1) is 59.0. The van der Waals surface area contributed by atoms with Gasteiger partial charge in [0.05, 0.1) is 9.79 Å². The molecule has 0 aliphatic carbocycles. The Kier molecular flexibility index (Phi) is 31.0. The molecule has 360 valence electrons. The van der Waals surface area contributed by atoms with Crippen LogP contribution in [-0.4, -0.2) is 25.9 Å². The van der Waals surface area contributed by atoms with Crippen molar-refractivity contribution in [2.24, 2.45) is 0 Å². The minimum absolute atomic E-state index is 0. The Balaban J connectivity index is 0.000000440. The summed E-state index contributed by atoms with van der Waals surface area (Å²) in [5.74, 6) is 0. The molecule has 4 rings (SSSR count). The molecular weight excluding hydrogens is 898 g/mol. The molecule has 0 saturated heterocycles. The van der Waals surface area contributed by atoms with Crippen LogP contribution in [0.2, 0.25) is 0 Å². The summed E-state index contributed by atoms with van der Waals surface area (Å²) in [6.45, 7) is 8.90. The molecule has 0 atom stereocenters. The molecule has 0 saturated carbocycles. The van der Waals surface area contributed by atoms with Gasteiger partial charge < -0.3 is 9.11 Å². The Bertz CT molecular complexity index is 1960. The maximum atomic E-state index is 12.3. The molecule has 6 nitrogen and oxygen atoms in total. The van der Waals surface area contributed by atoms with Gasteiger partial charge in [0.2, 0.25) is 0 Å². The third-order valence-corrected chi connectivity index (χ3v) is 15.0. The van der Waals surface area contributed by atoms with E-state index in [0.717, 1.165) is 97.2 Å². The summed E-state index contributed by atoms with van der Waals surface area (Å²) in [7, 11) is -9.07. The Labute approximate surface area is 410 Å². The molecule has 0 unspecified atom stereocenters. The van der Waals surface area contributed by atoms with Gasteiger partial charge in [-0.25, -0.2) is 16.8 Å². The van der Waals surface area contributed by atoms with Gasteiger partial charge in [-0.3, -0.25) is 0 Å². The molecule has 9 heteroatoms. The minimum atomic E-state index is -4.53. The molecule has 0 amide bonds. The van der Waals surface area contributed by atoms with E-state index in [-0.39, 0.29) is 29.3 Å². The number of aryl methyl sites for hydroxylation is 2. The van der Waals surface area contributed by atoms with Crippen LogP contribution in [0, 0.1) is 0 Å². The number of fused-ring (bicyclic) bond motifs is 2. The number of hydrogen-bond donors (Lipinski definition) is 0. The number of hydrogen-bond acceptors (Lipinski definition) is 6. The average molecular weight is 985 g/mol. The Morgan fingerprint density at radius 1 is 0.354 bits per heavy atom. The molecular formula is C56H86O6S2Zn. The van der Waals surface area contributed by atoms with Gasteiger partial charge in [0.25, 0.3) is 0 Å². The van der Waals surface area contributed by atoms with E-state index in [9.17, 15) is 25.9 Å². The molecule has 65 heavy (non-hydrogen) atoms. The molecule has 0 radical (unpaired) electrons. The van der Waals surface area contributed by atoms with Crippen molar-refractivity contribution in [2.45, 2.75) is 243 Å². The van der Waals surface area contributed by atoms with E-state index in [4.69, 9.17) is 0 Å². The topological polar surface area (TPSA) is 114 Å². The maximum absolute atomic E-state index is 12.3. The zero-order valence-corrected chi connectivity index (χ0v) is 46.0. The Morgan fingerprint density at radius 3 is 0.877 bits per heavy atom. The third-order valence-electron chi connectivity index (χ3n) is 13.1. The summed E-state index contributed by atoms with van der Waals surface area (Å²) in [5.41, 5.74) is 3.71. The normalized spacial score (nSPS) is 11.8. The third kappa shape index (κ3) is 22.2. The number of rotatable bonds is 34. The Hall–Kier alpha value is -2.16. The smallest absolute Gasteiger partial charge is 0.744 e. The van der Waals surface area contributed by atoms with Crippen molar-refractivity contribution in [3.8, 4) is 0 Å². The summed E-state index contributed by atoms with van der Waals surface area (Å²) in [5, 5.41) is 2.90. The molecule has 0 spiro atoms. The summed E-state index contributed by atoms with van der Waals surface area (Å²) >= 11 is 0. The Morgan fingerprint density at radius 2 is 0.600 bits per heavy atom. The van der Waals surface area contributed by atoms with Gasteiger partial charge >= 0.3 is 19.5 Å². The van der Waals surface area contributed by atoms with Crippen LogP contribution in [0.25, 0.3) is 21.5 Å². The fourth-order valence-corrected chi connectivity index (χ4v) is 11.4. The van der Waals surface area contributed by atoms with Gasteiger partial charge in [0.1, 0.15) is 20.2 Å². The van der Waals surface area contributed by atoms with E-state index >= 15 is 0 Å². The second-order valence-corrected chi connectivity index (χ2v) is 21.2. The van der Waals surface area contributed by atoms with Crippen molar-refractivity contribution in [1.29, 1.82) is 0 Å². The van der Waals surface area contributed by atoms with Crippen LogP contribution in [0.15, 0.2) is 70.5 Å². The molecule has 0 aromatic heterocycles. The van der Waals surface area contributed by atoms with Crippen molar-refractivity contribution >= 4 is 41.8 Å². The van der Waals surface area contributed by atoms with Gasteiger partial charge in [0, 0.05) is 0 Å². The standard InChI is InChI=1S/2C28H44O3S.Zn/c2*1-3-5-7-9-11-13-15-19-24-23-25-20-17-18-22-27(25)28(32(29,30)31)26(24)21-16-14-12-10-8-6-4-2;/h2*17-18,20,22-23H,3-16,19,21H2,1-2H3,(H,29,30,31);/q;;+2/p-2. The molecule has 0 heterocycles. The molecule has 0 aliphatic heterocycles. The average Bonchev–Trinajstić information content (AvgIpc) is 3.27. The van der Waals surface area contributed by atoms with Crippen molar-refractivity contribution < 1.29 is 45.4 Å². The van der Waals surface area contributed by atoms with Crippen LogP contribution in [0.5, 0.6) is 0 Å². The van der Waals surface area contributed by atoms with Crippen LogP contribution in [0.4, 0.5) is 0 Å². The summed E-state index contributed by atoms with van der Waals surface area (Å²) in [4.78, 5) is 0.0825. The van der Waals surface area contributed by atoms with Crippen LogP contribution in [0.1, 0.15) is 230 Å². The van der Waals surface area contributed by atoms with Gasteiger partial charge in [-0.1, -0.05) is 242 Å². The van der Waals surface area contributed by atoms with E-state index in [1.165, 1.54) is 128 Å². The molecule has 0 N–H and O–H groups in total. The first-order valence-electron chi connectivity index (χ1n) is 26.0. The van der Waals surface area contributed by atoms with Gasteiger partial charge in [-0.05, 0) is 95.2 Å². The number of unbranched alkanes of at least 4 members (excludes halogenated alkanes) is 24. The first-order chi connectivity index (χ1) is 31.0. The van der Waals surface area contributed by atoms with E-state index in [0.29, 0.717) is 23.6 Å². The van der Waals surface area contributed by atoms with Gasteiger partial charge in [-0.15, -0.1) is 0 Å². The van der Waals surface area contributed by atoms with E-state index < -0.39 is 20.2 Å². The van der Waals surface area contributed by atoms with Crippen LogP contribution in [-0.2, 0) is 65.4 Å². The van der Waals surface area contributed by atoms with Crippen molar-refractivity contribution in [3.63, 3.8) is 0 Å². The van der Waals surface area contributed by atoms with E-state index in [1.54, 1.807) is 12.1 Å². The predicted octanol–water partition coefficient (Wildman–Crippen LogP) is 16.7. The van der Waals surface area contributed by atoms with Crippen molar-refractivity contribution in [1.82, 2.24) is 0 Å². The monoisotopic (exact) mass is 983 g/mol. The maximum Gasteiger partial charge on any atom is 2.00 e. The molecule has 0 bridgehead atoms. The van der Waals surface area contributed by atoms with Gasteiger partial charge in [-0.2, -0.15) is 0 Å². The zero-order chi connectivity index (χ0) is 46.5. The predicted molar refractivity (Wildman–Crippen MR) is 271 cm³/mol. The fourth-order valence-electron chi connectivity index (χ4n) is 9.45. The summed E-state index contributed by atoms with van der Waals surface area (Å²) in [6, 6.07) is 19.2. The largest absolute Gasteiger partial charge is 2.00 e. The fraction of sp³-hybridized carbons (Fsp3) is 0.643. The molecule has 4 aromatic carbocycles.